The summed E-state index contributed by atoms with van der Waals surface area (Å²) in [6.07, 6.45) is -0.208. The molecule has 1 unspecified atom stereocenters. The van der Waals surface area contributed by atoms with Gasteiger partial charge in [-0.1, -0.05) is 31.2 Å². The zero-order chi connectivity index (χ0) is 22.5. The molecule has 0 spiro atoms. The molecule has 0 aliphatic rings. The quantitative estimate of drug-likeness (QED) is 0.497. The van der Waals surface area contributed by atoms with Gasteiger partial charge in [0.15, 0.2) is 11.6 Å². The molecule has 1 atom stereocenters. The van der Waals surface area contributed by atoms with Crippen LogP contribution in [-0.4, -0.2) is 6.10 Å². The first-order valence-corrected chi connectivity index (χ1v) is 10.2. The third-order valence-corrected chi connectivity index (χ3v) is 5.69. The molecule has 0 aliphatic carbocycles. The van der Waals surface area contributed by atoms with Crippen molar-refractivity contribution in [2.45, 2.75) is 45.0 Å². The molecular formula is C22H22F4N2OS. The molecule has 0 bridgehead atoms. The lowest BCUT2D eigenvalue weighted by molar-refractivity contribution is 0.0174. The number of nitriles is 1. The highest BCUT2D eigenvalue weighted by molar-refractivity contribution is 8.02. The summed E-state index contributed by atoms with van der Waals surface area (Å²) in [6.45, 7) is 4.32. The molecule has 8 heteroatoms. The van der Waals surface area contributed by atoms with Crippen molar-refractivity contribution < 1.29 is 22.3 Å². The summed E-state index contributed by atoms with van der Waals surface area (Å²) in [5.74, 6) is -4.51. The van der Waals surface area contributed by atoms with E-state index in [2.05, 4.69) is 0 Å². The minimum atomic E-state index is -2.91. The smallest absolute Gasteiger partial charge is 0.270 e. The first-order chi connectivity index (χ1) is 14.1. The average Bonchev–Trinajstić information content (AvgIpc) is 2.68. The minimum absolute atomic E-state index is 0.0740. The van der Waals surface area contributed by atoms with Gasteiger partial charge in [0, 0.05) is 34.9 Å². The van der Waals surface area contributed by atoms with Crippen LogP contribution >= 0.6 is 11.8 Å². The second kappa shape index (κ2) is 9.90. The molecule has 2 aromatic rings. The van der Waals surface area contributed by atoms with Crippen LogP contribution in [0.5, 0.6) is 5.75 Å². The summed E-state index contributed by atoms with van der Waals surface area (Å²) in [7, 11) is 0. The highest BCUT2D eigenvalue weighted by Crippen LogP contribution is 2.33. The molecular weight excluding hydrogens is 416 g/mol. The Labute approximate surface area is 177 Å². The number of allylic oxidation sites excluding steroid dienone is 1. The third-order valence-electron chi connectivity index (χ3n) is 4.32. The number of nitrogens with two attached hydrogens (primary N) is 1. The van der Waals surface area contributed by atoms with Gasteiger partial charge in [0.2, 0.25) is 0 Å². The summed E-state index contributed by atoms with van der Waals surface area (Å²) in [6, 6.07) is 9.17. The van der Waals surface area contributed by atoms with Crippen molar-refractivity contribution in [3.63, 3.8) is 0 Å². The molecule has 160 valence electrons. The van der Waals surface area contributed by atoms with Crippen LogP contribution in [0.3, 0.4) is 0 Å². The van der Waals surface area contributed by atoms with E-state index in [0.29, 0.717) is 22.8 Å². The zero-order valence-electron chi connectivity index (χ0n) is 16.8. The maximum absolute atomic E-state index is 14.2. The second-order valence-corrected chi connectivity index (χ2v) is 7.83. The number of thioether (sulfide) groups is 1. The first-order valence-electron chi connectivity index (χ1n) is 9.18. The van der Waals surface area contributed by atoms with E-state index < -0.39 is 29.2 Å². The Morgan fingerprint density at radius 2 is 1.83 bits per heavy atom. The first kappa shape index (κ1) is 23.6. The molecule has 0 radical (unpaired) electrons. The number of rotatable bonds is 8. The summed E-state index contributed by atoms with van der Waals surface area (Å²) < 4.78 is 60.4. The molecule has 3 nitrogen and oxygen atoms in total. The van der Waals surface area contributed by atoms with Gasteiger partial charge in [0.05, 0.1) is 5.56 Å². The van der Waals surface area contributed by atoms with Crippen LogP contribution in [-0.2, 0) is 11.7 Å². The Hall–Kier alpha value is -2.66. The number of alkyl halides is 2. The van der Waals surface area contributed by atoms with Gasteiger partial charge >= 0.3 is 0 Å². The normalized spacial score (nSPS) is 13.4. The molecule has 0 fully saturated rings. The van der Waals surface area contributed by atoms with Gasteiger partial charge < -0.3 is 10.5 Å². The van der Waals surface area contributed by atoms with Gasteiger partial charge in [-0.25, -0.2) is 17.6 Å². The number of nitrogens with zero attached hydrogens (tertiary/aromatic N) is 1. The van der Waals surface area contributed by atoms with Gasteiger partial charge in [-0.05, 0) is 25.0 Å². The molecule has 2 rings (SSSR count). The summed E-state index contributed by atoms with van der Waals surface area (Å²) in [5.41, 5.74) is 6.77. The van der Waals surface area contributed by atoms with E-state index >= 15 is 0 Å². The molecule has 0 saturated carbocycles. The lowest BCUT2D eigenvalue weighted by Gasteiger charge is -2.22. The minimum Gasteiger partial charge on any atom is -0.482 e. The Balaban J connectivity index is 2.18. The van der Waals surface area contributed by atoms with E-state index in [1.54, 1.807) is 25.1 Å². The fraction of sp³-hybridized carbons (Fsp3) is 0.318. The van der Waals surface area contributed by atoms with Gasteiger partial charge in [0.1, 0.15) is 18.0 Å². The lowest BCUT2D eigenvalue weighted by Crippen LogP contribution is -2.21. The highest BCUT2D eigenvalue weighted by atomic mass is 32.2. The Kier molecular flexibility index (Phi) is 7.79. The van der Waals surface area contributed by atoms with Crippen LogP contribution in [0.4, 0.5) is 17.6 Å². The van der Waals surface area contributed by atoms with E-state index in [-0.39, 0.29) is 11.3 Å². The predicted molar refractivity (Wildman–Crippen MR) is 110 cm³/mol. The number of hydrogen-bond acceptors (Lipinski definition) is 4. The largest absolute Gasteiger partial charge is 0.482 e. The van der Waals surface area contributed by atoms with Crippen LogP contribution in [0.25, 0.3) is 0 Å². The monoisotopic (exact) mass is 438 g/mol. The van der Waals surface area contributed by atoms with E-state index in [1.165, 1.54) is 23.9 Å². The molecule has 0 heterocycles. The number of ether oxygens (including phenoxy) is 1. The lowest BCUT2D eigenvalue weighted by atomic mass is 10.1. The fourth-order valence-electron chi connectivity index (χ4n) is 2.70. The van der Waals surface area contributed by atoms with Gasteiger partial charge in [0.25, 0.3) is 5.92 Å². The van der Waals surface area contributed by atoms with Crippen LogP contribution in [0, 0.1) is 23.0 Å². The molecule has 0 amide bonds. The van der Waals surface area contributed by atoms with Gasteiger partial charge in [-0.3, -0.25) is 0 Å². The van der Waals surface area contributed by atoms with Crippen molar-refractivity contribution in [1.29, 1.82) is 5.26 Å². The molecule has 0 aromatic heterocycles. The standard InChI is InChI=1S/C22H22F4N2OS/c1-4-19(29-20-10-17(23)15(11-27)9-18(20)24)21(13(2)28)30-12-14-5-7-16(8-6-14)22(3,25)26/h5-10,19H,4,12,28H2,1-3H3/b21-13-. The topological polar surface area (TPSA) is 59.0 Å². The van der Waals surface area contributed by atoms with Crippen molar-refractivity contribution in [3.8, 4) is 11.8 Å². The summed E-state index contributed by atoms with van der Waals surface area (Å²) in [5, 5.41) is 8.80. The van der Waals surface area contributed by atoms with Crippen molar-refractivity contribution in [3.05, 3.63) is 75.3 Å². The third kappa shape index (κ3) is 5.92. The van der Waals surface area contributed by atoms with E-state index in [0.717, 1.165) is 24.6 Å². The maximum atomic E-state index is 14.2. The molecule has 2 aromatic carbocycles. The summed E-state index contributed by atoms with van der Waals surface area (Å²) >= 11 is 1.34. The van der Waals surface area contributed by atoms with Crippen LogP contribution in [0.2, 0.25) is 0 Å². The molecule has 0 aliphatic heterocycles. The Morgan fingerprint density at radius 1 is 1.20 bits per heavy atom. The summed E-state index contributed by atoms with van der Waals surface area (Å²) in [4.78, 5) is 0.631. The van der Waals surface area contributed by atoms with Crippen LogP contribution in [0.15, 0.2) is 47.0 Å². The predicted octanol–water partition coefficient (Wildman–Crippen LogP) is 6.23. The molecule has 0 saturated heterocycles. The second-order valence-electron chi connectivity index (χ2n) is 6.81. The van der Waals surface area contributed by atoms with Crippen molar-refractivity contribution in [2.75, 3.05) is 0 Å². The highest BCUT2D eigenvalue weighted by Gasteiger charge is 2.24. The molecule has 2 N–H and O–H groups in total. The maximum Gasteiger partial charge on any atom is 0.270 e. The van der Waals surface area contributed by atoms with E-state index in [1.807, 2.05) is 6.92 Å². The Bertz CT molecular complexity index is 959. The average molecular weight is 438 g/mol. The number of benzene rings is 2. The number of halogens is 4. The van der Waals surface area contributed by atoms with Crippen LogP contribution < -0.4 is 10.5 Å². The van der Waals surface area contributed by atoms with Gasteiger partial charge in [-0.2, -0.15) is 5.26 Å². The van der Waals surface area contributed by atoms with E-state index in [4.69, 9.17) is 15.7 Å². The SMILES string of the molecule is CCC(Oc1cc(F)c(C#N)cc1F)/C(SCc1ccc(C(C)(F)F)cc1)=C(\C)N. The van der Waals surface area contributed by atoms with Gasteiger partial charge in [-0.15, -0.1) is 11.8 Å². The van der Waals surface area contributed by atoms with Crippen molar-refractivity contribution in [2.24, 2.45) is 5.73 Å². The van der Waals surface area contributed by atoms with Crippen molar-refractivity contribution >= 4 is 11.8 Å². The Morgan fingerprint density at radius 3 is 2.33 bits per heavy atom. The molecule has 30 heavy (non-hydrogen) atoms. The zero-order valence-corrected chi connectivity index (χ0v) is 17.6. The number of hydrogen-bond donors (Lipinski definition) is 1. The van der Waals surface area contributed by atoms with E-state index in [9.17, 15) is 17.6 Å². The fourth-order valence-corrected chi connectivity index (χ4v) is 3.84. The van der Waals surface area contributed by atoms with Crippen LogP contribution in [0.1, 0.15) is 43.9 Å². The van der Waals surface area contributed by atoms with Crippen molar-refractivity contribution in [1.82, 2.24) is 0 Å².